The molecule has 0 saturated carbocycles. The molecule has 1 aliphatic heterocycles. The van der Waals surface area contributed by atoms with Crippen molar-refractivity contribution in [1.29, 1.82) is 0 Å². The molecule has 0 spiro atoms. The van der Waals surface area contributed by atoms with E-state index in [-0.39, 0.29) is 11.8 Å². The van der Waals surface area contributed by atoms with E-state index in [0.29, 0.717) is 23.1 Å². The van der Waals surface area contributed by atoms with Gasteiger partial charge in [0.25, 0.3) is 0 Å². The van der Waals surface area contributed by atoms with Gasteiger partial charge in [-0.05, 0) is 61.3 Å². The molecule has 0 aliphatic carbocycles. The minimum Gasteiger partial charge on any atom is -0.353 e. The highest BCUT2D eigenvalue weighted by Crippen LogP contribution is 2.16. The van der Waals surface area contributed by atoms with E-state index in [9.17, 15) is 9.59 Å². The Kier molecular flexibility index (Phi) is 12.0. The molecule has 8 heteroatoms. The van der Waals surface area contributed by atoms with Gasteiger partial charge in [-0.3, -0.25) is 9.59 Å². The first-order valence-electron chi connectivity index (χ1n) is 12.4. The van der Waals surface area contributed by atoms with Gasteiger partial charge < -0.3 is 20.4 Å². The second-order valence-electron chi connectivity index (χ2n) is 8.68. The van der Waals surface area contributed by atoms with Gasteiger partial charge in [-0.2, -0.15) is 0 Å². The summed E-state index contributed by atoms with van der Waals surface area (Å²) in [4.78, 5) is 28.9. The summed E-state index contributed by atoms with van der Waals surface area (Å²) in [6.45, 7) is 7.32. The van der Waals surface area contributed by atoms with Crippen molar-refractivity contribution in [2.75, 3.05) is 52.4 Å². The third-order valence-corrected chi connectivity index (χ3v) is 6.69. The molecule has 36 heavy (non-hydrogen) atoms. The van der Waals surface area contributed by atoms with E-state index in [4.69, 9.17) is 23.2 Å². The van der Waals surface area contributed by atoms with E-state index in [2.05, 4.69) is 20.4 Å². The number of nitrogens with one attached hydrogen (secondary N) is 2. The zero-order chi connectivity index (χ0) is 25.6. The predicted molar refractivity (Wildman–Crippen MR) is 149 cm³/mol. The Morgan fingerprint density at radius 1 is 0.694 bits per heavy atom. The molecule has 1 saturated heterocycles. The van der Waals surface area contributed by atoms with Crippen LogP contribution in [0.1, 0.15) is 24.0 Å². The molecule has 0 aromatic heterocycles. The molecule has 0 unspecified atom stereocenters. The average molecular weight is 530 g/mol. The Morgan fingerprint density at radius 3 is 1.47 bits per heavy atom. The van der Waals surface area contributed by atoms with E-state index in [1.165, 1.54) is 12.2 Å². The lowest BCUT2D eigenvalue weighted by Crippen LogP contribution is -2.47. The summed E-state index contributed by atoms with van der Waals surface area (Å²) in [7, 11) is 0. The summed E-state index contributed by atoms with van der Waals surface area (Å²) in [6.07, 6.45) is 8.35. The molecule has 2 N–H and O–H groups in total. The Balaban J connectivity index is 1.21. The highest BCUT2D eigenvalue weighted by Gasteiger charge is 2.16. The Morgan fingerprint density at radius 2 is 1.08 bits per heavy atom. The smallest absolute Gasteiger partial charge is 0.244 e. The summed E-state index contributed by atoms with van der Waals surface area (Å²) in [6, 6.07) is 14.9. The van der Waals surface area contributed by atoms with Crippen LogP contribution in [0.5, 0.6) is 0 Å². The predicted octanol–water partition coefficient (Wildman–Crippen LogP) is 4.35. The van der Waals surface area contributed by atoms with Gasteiger partial charge in [0.05, 0.1) is 0 Å². The second kappa shape index (κ2) is 15.5. The van der Waals surface area contributed by atoms with Crippen LogP contribution in [0, 0.1) is 0 Å². The Labute approximate surface area is 223 Å². The SMILES string of the molecule is O=C(/C=C/c1ccccc1Cl)NCCCN1CCN(CCCNC(=O)/C=C/c2ccccc2Cl)CC1. The maximum atomic E-state index is 12.0. The number of nitrogens with zero attached hydrogens (tertiary/aromatic N) is 2. The van der Waals surface area contributed by atoms with E-state index in [0.717, 1.165) is 63.2 Å². The fourth-order valence-corrected chi connectivity index (χ4v) is 4.33. The van der Waals surface area contributed by atoms with Crippen LogP contribution in [0.2, 0.25) is 10.0 Å². The van der Waals surface area contributed by atoms with E-state index < -0.39 is 0 Å². The molecular formula is C28H34Cl2N4O2. The van der Waals surface area contributed by atoms with Gasteiger partial charge in [0.15, 0.2) is 0 Å². The van der Waals surface area contributed by atoms with Gasteiger partial charge in [-0.1, -0.05) is 59.6 Å². The number of benzene rings is 2. The standard InChI is InChI=1S/C28H34Cl2N4O2/c29-25-9-3-1-7-23(25)11-13-27(35)31-15-5-17-33-19-21-34(22-20-33)18-6-16-32-28(36)14-12-24-8-2-4-10-26(24)30/h1-4,7-14H,5-6,15-22H2,(H,31,35)(H,32,36)/b13-11+,14-12+. The van der Waals surface area contributed by atoms with Gasteiger partial charge in [0.2, 0.25) is 11.8 Å². The molecule has 0 bridgehead atoms. The zero-order valence-electron chi connectivity index (χ0n) is 20.5. The van der Waals surface area contributed by atoms with Crippen LogP contribution in [0.3, 0.4) is 0 Å². The van der Waals surface area contributed by atoms with Crippen molar-refractivity contribution in [1.82, 2.24) is 20.4 Å². The fraction of sp³-hybridized carbons (Fsp3) is 0.357. The van der Waals surface area contributed by atoms with Crippen LogP contribution >= 0.6 is 23.2 Å². The number of carbonyl (C=O) groups excluding carboxylic acids is 2. The monoisotopic (exact) mass is 528 g/mol. The number of hydrogen-bond donors (Lipinski definition) is 2. The van der Waals surface area contributed by atoms with Crippen molar-refractivity contribution < 1.29 is 9.59 Å². The van der Waals surface area contributed by atoms with Gasteiger partial charge >= 0.3 is 0 Å². The first kappa shape index (κ1) is 27.9. The minimum absolute atomic E-state index is 0.105. The number of hydrogen-bond acceptors (Lipinski definition) is 4. The van der Waals surface area contributed by atoms with Crippen molar-refractivity contribution in [3.8, 4) is 0 Å². The summed E-state index contributed by atoms with van der Waals surface area (Å²) in [5.41, 5.74) is 1.67. The van der Waals surface area contributed by atoms with E-state index in [1.807, 2.05) is 36.4 Å². The van der Waals surface area contributed by atoms with Crippen LogP contribution in [-0.2, 0) is 9.59 Å². The van der Waals surface area contributed by atoms with Gasteiger partial charge in [0, 0.05) is 61.5 Å². The molecule has 1 heterocycles. The van der Waals surface area contributed by atoms with E-state index in [1.54, 1.807) is 24.3 Å². The number of carbonyl (C=O) groups is 2. The summed E-state index contributed by atoms with van der Waals surface area (Å²) < 4.78 is 0. The highest BCUT2D eigenvalue weighted by molar-refractivity contribution is 6.32. The van der Waals surface area contributed by atoms with Crippen molar-refractivity contribution in [2.24, 2.45) is 0 Å². The van der Waals surface area contributed by atoms with Crippen molar-refractivity contribution in [3.63, 3.8) is 0 Å². The third-order valence-electron chi connectivity index (χ3n) is 6.00. The van der Waals surface area contributed by atoms with E-state index >= 15 is 0 Å². The molecule has 2 amide bonds. The quantitative estimate of drug-likeness (QED) is 0.317. The topological polar surface area (TPSA) is 64.7 Å². The third kappa shape index (κ3) is 10.2. The molecule has 0 radical (unpaired) electrons. The minimum atomic E-state index is -0.105. The zero-order valence-corrected chi connectivity index (χ0v) is 22.0. The van der Waals surface area contributed by atoms with Crippen molar-refractivity contribution in [3.05, 3.63) is 81.9 Å². The number of piperazine rings is 1. The molecule has 1 fully saturated rings. The lowest BCUT2D eigenvalue weighted by molar-refractivity contribution is -0.117. The van der Waals surface area contributed by atoms with Crippen LogP contribution in [-0.4, -0.2) is 74.0 Å². The Bertz CT molecular complexity index is 966. The van der Waals surface area contributed by atoms with Crippen molar-refractivity contribution in [2.45, 2.75) is 12.8 Å². The maximum Gasteiger partial charge on any atom is 0.244 e. The van der Waals surface area contributed by atoms with Crippen molar-refractivity contribution >= 4 is 47.2 Å². The lowest BCUT2D eigenvalue weighted by Gasteiger charge is -2.34. The average Bonchev–Trinajstić information content (AvgIpc) is 2.89. The van der Waals surface area contributed by atoms with Gasteiger partial charge in [-0.25, -0.2) is 0 Å². The molecule has 6 nitrogen and oxygen atoms in total. The van der Waals surface area contributed by atoms with Gasteiger partial charge in [0.1, 0.15) is 0 Å². The number of amides is 2. The van der Waals surface area contributed by atoms with Crippen LogP contribution in [0.4, 0.5) is 0 Å². The first-order chi connectivity index (χ1) is 17.5. The Hall–Kier alpha value is -2.64. The molecular weight excluding hydrogens is 495 g/mol. The van der Waals surface area contributed by atoms with Crippen LogP contribution in [0.15, 0.2) is 60.7 Å². The van der Waals surface area contributed by atoms with Crippen LogP contribution in [0.25, 0.3) is 12.2 Å². The molecule has 3 rings (SSSR count). The highest BCUT2D eigenvalue weighted by atomic mass is 35.5. The van der Waals surface area contributed by atoms with Crippen LogP contribution < -0.4 is 10.6 Å². The lowest BCUT2D eigenvalue weighted by atomic mass is 10.2. The van der Waals surface area contributed by atoms with Gasteiger partial charge in [-0.15, -0.1) is 0 Å². The number of halogens is 2. The molecule has 192 valence electrons. The summed E-state index contributed by atoms with van der Waals surface area (Å²) in [5.74, 6) is -0.211. The summed E-state index contributed by atoms with van der Waals surface area (Å²) in [5, 5.41) is 7.13. The molecule has 1 aliphatic rings. The normalized spacial score (nSPS) is 14.9. The largest absolute Gasteiger partial charge is 0.353 e. The molecule has 2 aromatic rings. The first-order valence-corrected chi connectivity index (χ1v) is 13.1. The fourth-order valence-electron chi connectivity index (χ4n) is 3.93. The second-order valence-corrected chi connectivity index (χ2v) is 9.50. The maximum absolute atomic E-state index is 12.0. The molecule has 0 atom stereocenters. The molecule has 2 aromatic carbocycles. The number of rotatable bonds is 12. The summed E-state index contributed by atoms with van der Waals surface area (Å²) >= 11 is 12.2.